The zero-order chi connectivity index (χ0) is 13.4. The Hall–Kier alpha value is -0.840. The zero-order valence-corrected chi connectivity index (χ0v) is 11.9. The molecular formula is C13H20ClNO3. The van der Waals surface area contributed by atoms with Gasteiger partial charge >= 0.3 is 0 Å². The number of nitrogens with zero attached hydrogens (tertiary/aromatic N) is 1. The van der Waals surface area contributed by atoms with Crippen LogP contribution in [0.2, 0.25) is 0 Å². The highest BCUT2D eigenvalue weighted by Crippen LogP contribution is 2.22. The Balaban J connectivity index is 2.46. The number of rotatable bonds is 8. The van der Waals surface area contributed by atoms with E-state index < -0.39 is 0 Å². The molecule has 4 nitrogen and oxygen atoms in total. The number of methoxy groups -OCH3 is 1. The molecule has 18 heavy (non-hydrogen) atoms. The summed E-state index contributed by atoms with van der Waals surface area (Å²) >= 11 is 5.90. The second kappa shape index (κ2) is 8.29. The Morgan fingerprint density at radius 3 is 2.56 bits per heavy atom. The van der Waals surface area contributed by atoms with E-state index in [1.807, 2.05) is 19.9 Å². The predicted octanol–water partition coefficient (Wildman–Crippen LogP) is 2.48. The third-order valence-electron chi connectivity index (χ3n) is 2.47. The van der Waals surface area contributed by atoms with E-state index in [1.165, 1.54) is 0 Å². The van der Waals surface area contributed by atoms with Crippen LogP contribution in [-0.2, 0) is 15.4 Å². The minimum Gasteiger partial charge on any atom is -0.475 e. The van der Waals surface area contributed by atoms with E-state index in [0.717, 1.165) is 16.8 Å². The molecule has 0 aliphatic heterocycles. The molecule has 0 saturated heterocycles. The largest absolute Gasteiger partial charge is 0.475 e. The van der Waals surface area contributed by atoms with Crippen LogP contribution >= 0.6 is 11.6 Å². The van der Waals surface area contributed by atoms with E-state index in [1.54, 1.807) is 7.11 Å². The molecule has 0 bridgehead atoms. The highest BCUT2D eigenvalue weighted by molar-refractivity contribution is 6.17. The van der Waals surface area contributed by atoms with Crippen LogP contribution in [0.4, 0.5) is 0 Å². The molecule has 0 unspecified atom stereocenters. The molecule has 0 atom stereocenters. The van der Waals surface area contributed by atoms with Gasteiger partial charge in [-0.25, -0.2) is 4.98 Å². The molecular weight excluding hydrogens is 254 g/mol. The standard InChI is InChI=1S/C13H20ClNO3/c1-10-8-11(2)15-13(12(10)9-14)18-7-6-17-5-4-16-3/h8H,4-7,9H2,1-3H3. The highest BCUT2D eigenvalue weighted by Gasteiger charge is 2.09. The molecule has 1 aromatic rings. The molecule has 0 aromatic carbocycles. The van der Waals surface area contributed by atoms with Gasteiger partial charge in [0.2, 0.25) is 5.88 Å². The Morgan fingerprint density at radius 2 is 1.89 bits per heavy atom. The fourth-order valence-corrected chi connectivity index (χ4v) is 1.88. The summed E-state index contributed by atoms with van der Waals surface area (Å²) in [6, 6.07) is 2.00. The van der Waals surface area contributed by atoms with Crippen molar-refractivity contribution in [3.8, 4) is 5.88 Å². The van der Waals surface area contributed by atoms with Gasteiger partial charge in [0.15, 0.2) is 0 Å². The van der Waals surface area contributed by atoms with E-state index in [9.17, 15) is 0 Å². The van der Waals surface area contributed by atoms with E-state index >= 15 is 0 Å². The molecule has 0 amide bonds. The third kappa shape index (κ3) is 4.80. The number of aryl methyl sites for hydroxylation is 2. The average Bonchev–Trinajstić information content (AvgIpc) is 2.33. The first-order chi connectivity index (χ1) is 8.69. The summed E-state index contributed by atoms with van der Waals surface area (Å²) in [4.78, 5) is 4.35. The number of hydrogen-bond acceptors (Lipinski definition) is 4. The van der Waals surface area contributed by atoms with Crippen molar-refractivity contribution in [2.45, 2.75) is 19.7 Å². The van der Waals surface area contributed by atoms with E-state index in [-0.39, 0.29) is 0 Å². The maximum atomic E-state index is 5.90. The minimum absolute atomic E-state index is 0.402. The Labute approximate surface area is 113 Å². The van der Waals surface area contributed by atoms with Gasteiger partial charge in [0.05, 0.1) is 25.7 Å². The highest BCUT2D eigenvalue weighted by atomic mass is 35.5. The smallest absolute Gasteiger partial charge is 0.218 e. The fraction of sp³-hybridized carbons (Fsp3) is 0.615. The summed E-state index contributed by atoms with van der Waals surface area (Å²) in [5, 5.41) is 0. The lowest BCUT2D eigenvalue weighted by Crippen LogP contribution is -2.12. The topological polar surface area (TPSA) is 40.6 Å². The molecule has 1 rings (SSSR count). The van der Waals surface area contributed by atoms with Gasteiger partial charge in [-0.2, -0.15) is 0 Å². The number of hydrogen-bond donors (Lipinski definition) is 0. The second-order valence-corrected chi connectivity index (χ2v) is 4.22. The maximum absolute atomic E-state index is 5.90. The van der Waals surface area contributed by atoms with Gasteiger partial charge in [0.1, 0.15) is 6.61 Å². The lowest BCUT2D eigenvalue weighted by Gasteiger charge is -2.12. The molecule has 0 aliphatic rings. The first-order valence-corrected chi connectivity index (χ1v) is 6.45. The molecule has 5 heteroatoms. The molecule has 1 heterocycles. The second-order valence-electron chi connectivity index (χ2n) is 3.95. The van der Waals surface area contributed by atoms with Crippen LogP contribution in [0, 0.1) is 13.8 Å². The Bertz CT molecular complexity index is 371. The fourth-order valence-electron chi connectivity index (χ4n) is 1.55. The number of aromatic nitrogens is 1. The Morgan fingerprint density at radius 1 is 1.17 bits per heavy atom. The summed E-state index contributed by atoms with van der Waals surface area (Å²) in [7, 11) is 1.64. The number of ether oxygens (including phenoxy) is 3. The Kier molecular flexibility index (Phi) is 7.01. The van der Waals surface area contributed by atoms with Gasteiger partial charge in [-0.15, -0.1) is 11.6 Å². The number of halogens is 1. The van der Waals surface area contributed by atoms with Crippen LogP contribution in [0.1, 0.15) is 16.8 Å². The lowest BCUT2D eigenvalue weighted by atomic mass is 10.1. The molecule has 0 spiro atoms. The average molecular weight is 274 g/mol. The third-order valence-corrected chi connectivity index (χ3v) is 2.74. The van der Waals surface area contributed by atoms with E-state index in [4.69, 9.17) is 25.8 Å². The van der Waals surface area contributed by atoms with Crippen molar-refractivity contribution >= 4 is 11.6 Å². The zero-order valence-electron chi connectivity index (χ0n) is 11.2. The van der Waals surface area contributed by atoms with E-state index in [0.29, 0.717) is 38.2 Å². The molecule has 1 aromatic heterocycles. The van der Waals surface area contributed by atoms with Crippen LogP contribution < -0.4 is 4.74 Å². The van der Waals surface area contributed by atoms with Gasteiger partial charge in [-0.05, 0) is 25.5 Å². The van der Waals surface area contributed by atoms with Crippen molar-refractivity contribution in [2.75, 3.05) is 33.5 Å². The van der Waals surface area contributed by atoms with Crippen molar-refractivity contribution in [2.24, 2.45) is 0 Å². The molecule has 102 valence electrons. The molecule has 0 saturated carbocycles. The summed E-state index contributed by atoms with van der Waals surface area (Å²) in [5.41, 5.74) is 2.98. The number of alkyl halides is 1. The first kappa shape index (κ1) is 15.2. The summed E-state index contributed by atoms with van der Waals surface area (Å²) in [6.07, 6.45) is 0. The van der Waals surface area contributed by atoms with Crippen molar-refractivity contribution in [3.63, 3.8) is 0 Å². The molecule has 0 aliphatic carbocycles. The van der Waals surface area contributed by atoms with Crippen molar-refractivity contribution in [1.82, 2.24) is 4.98 Å². The van der Waals surface area contributed by atoms with Gasteiger partial charge in [0.25, 0.3) is 0 Å². The van der Waals surface area contributed by atoms with Crippen LogP contribution in [0.5, 0.6) is 5.88 Å². The first-order valence-electron chi connectivity index (χ1n) is 5.91. The van der Waals surface area contributed by atoms with Crippen LogP contribution in [-0.4, -0.2) is 38.5 Å². The lowest BCUT2D eigenvalue weighted by molar-refractivity contribution is 0.0535. The van der Waals surface area contributed by atoms with Gasteiger partial charge in [0, 0.05) is 18.4 Å². The van der Waals surface area contributed by atoms with E-state index in [2.05, 4.69) is 4.98 Å². The normalized spacial score (nSPS) is 10.7. The number of pyridine rings is 1. The monoisotopic (exact) mass is 273 g/mol. The molecule has 0 radical (unpaired) electrons. The summed E-state index contributed by atoms with van der Waals surface area (Å²) < 4.78 is 15.8. The predicted molar refractivity (Wildman–Crippen MR) is 71.5 cm³/mol. The van der Waals surface area contributed by atoms with Crippen LogP contribution in [0.3, 0.4) is 0 Å². The van der Waals surface area contributed by atoms with Crippen molar-refractivity contribution in [1.29, 1.82) is 0 Å². The maximum Gasteiger partial charge on any atom is 0.218 e. The van der Waals surface area contributed by atoms with Gasteiger partial charge < -0.3 is 14.2 Å². The van der Waals surface area contributed by atoms with Crippen LogP contribution in [0.15, 0.2) is 6.07 Å². The minimum atomic E-state index is 0.402. The van der Waals surface area contributed by atoms with Gasteiger partial charge in [-0.1, -0.05) is 0 Å². The molecule has 0 N–H and O–H groups in total. The van der Waals surface area contributed by atoms with Crippen LogP contribution in [0.25, 0.3) is 0 Å². The quantitative estimate of drug-likeness (QED) is 0.539. The van der Waals surface area contributed by atoms with Crippen molar-refractivity contribution in [3.05, 3.63) is 22.9 Å². The van der Waals surface area contributed by atoms with Crippen molar-refractivity contribution < 1.29 is 14.2 Å². The summed E-state index contributed by atoms with van der Waals surface area (Å²) in [5.74, 6) is 1.01. The summed E-state index contributed by atoms with van der Waals surface area (Å²) in [6.45, 7) is 6.09. The van der Waals surface area contributed by atoms with Gasteiger partial charge in [-0.3, -0.25) is 0 Å². The molecule has 0 fully saturated rings. The SMILES string of the molecule is COCCOCCOc1nc(C)cc(C)c1CCl.